The third-order valence-electron chi connectivity index (χ3n) is 2.74. The zero-order valence-corrected chi connectivity index (χ0v) is 9.95. The molecule has 16 heavy (non-hydrogen) atoms. The van der Waals surface area contributed by atoms with Crippen LogP contribution < -0.4 is 5.73 Å². The van der Waals surface area contributed by atoms with Crippen molar-refractivity contribution >= 4 is 5.97 Å². The summed E-state index contributed by atoms with van der Waals surface area (Å²) in [4.78, 5) is 11.4. The van der Waals surface area contributed by atoms with E-state index in [2.05, 4.69) is 0 Å². The molecule has 0 aromatic heterocycles. The summed E-state index contributed by atoms with van der Waals surface area (Å²) in [6, 6.07) is 0. The van der Waals surface area contributed by atoms with Crippen molar-refractivity contribution in [2.24, 2.45) is 5.73 Å². The van der Waals surface area contributed by atoms with Crippen LogP contribution in [-0.4, -0.2) is 25.4 Å². The van der Waals surface area contributed by atoms with Gasteiger partial charge in [0, 0.05) is 12.8 Å². The Morgan fingerprint density at radius 3 is 2.75 bits per heavy atom. The van der Waals surface area contributed by atoms with E-state index in [0.717, 1.165) is 51.5 Å². The van der Waals surface area contributed by atoms with Gasteiger partial charge in [-0.2, -0.15) is 0 Å². The molecular weight excluding hydrogens is 206 g/mol. The van der Waals surface area contributed by atoms with Crippen LogP contribution in [0.25, 0.3) is 0 Å². The predicted octanol–water partition coefficient (Wildman–Crippen LogP) is 1.97. The summed E-state index contributed by atoms with van der Waals surface area (Å²) in [5.74, 6) is -0.125. The first-order chi connectivity index (χ1) is 7.83. The molecule has 2 N–H and O–H groups in total. The van der Waals surface area contributed by atoms with Crippen LogP contribution >= 0.6 is 0 Å². The molecule has 0 amide bonds. The molecule has 94 valence electrons. The fourth-order valence-corrected chi connectivity index (χ4v) is 1.78. The summed E-state index contributed by atoms with van der Waals surface area (Å²) in [6.07, 6.45) is 7.32. The van der Waals surface area contributed by atoms with Gasteiger partial charge >= 0.3 is 5.97 Å². The highest BCUT2D eigenvalue weighted by atomic mass is 16.7. The minimum Gasteiger partial charge on any atom is -0.436 e. The molecule has 4 heteroatoms. The fraction of sp³-hybridized carbons (Fsp3) is 0.917. The third-order valence-corrected chi connectivity index (χ3v) is 2.74. The summed E-state index contributed by atoms with van der Waals surface area (Å²) >= 11 is 0. The summed E-state index contributed by atoms with van der Waals surface area (Å²) in [7, 11) is 0. The van der Waals surface area contributed by atoms with E-state index in [0.29, 0.717) is 13.0 Å². The maximum absolute atomic E-state index is 11.4. The smallest absolute Gasteiger partial charge is 0.308 e. The van der Waals surface area contributed by atoms with Crippen LogP contribution in [0.5, 0.6) is 0 Å². The van der Waals surface area contributed by atoms with Gasteiger partial charge in [0.2, 0.25) is 6.29 Å². The molecule has 1 atom stereocenters. The molecule has 1 fully saturated rings. The Labute approximate surface area is 97.5 Å². The molecule has 0 aromatic carbocycles. The van der Waals surface area contributed by atoms with Crippen LogP contribution in [-0.2, 0) is 14.3 Å². The van der Waals surface area contributed by atoms with E-state index in [1.165, 1.54) is 0 Å². The highest BCUT2D eigenvalue weighted by Crippen LogP contribution is 2.15. The molecular formula is C12H23NO3. The lowest BCUT2D eigenvalue weighted by molar-refractivity contribution is -0.186. The Balaban J connectivity index is 1.97. The Hall–Kier alpha value is -0.610. The van der Waals surface area contributed by atoms with Crippen molar-refractivity contribution in [1.82, 2.24) is 0 Å². The van der Waals surface area contributed by atoms with Crippen LogP contribution in [0, 0.1) is 0 Å². The third kappa shape index (κ3) is 6.08. The van der Waals surface area contributed by atoms with Gasteiger partial charge in [0.1, 0.15) is 0 Å². The molecule has 0 spiro atoms. The summed E-state index contributed by atoms with van der Waals surface area (Å²) in [5.41, 5.74) is 5.39. The number of hydrogen-bond acceptors (Lipinski definition) is 4. The fourth-order valence-electron chi connectivity index (χ4n) is 1.78. The number of hydrogen-bond donors (Lipinski definition) is 1. The number of nitrogens with two attached hydrogens (primary N) is 1. The predicted molar refractivity (Wildman–Crippen MR) is 61.8 cm³/mol. The van der Waals surface area contributed by atoms with Gasteiger partial charge in [-0.05, 0) is 32.2 Å². The van der Waals surface area contributed by atoms with Crippen LogP contribution in [0.2, 0.25) is 0 Å². The van der Waals surface area contributed by atoms with Crippen molar-refractivity contribution in [3.8, 4) is 0 Å². The average Bonchev–Trinajstić information content (AvgIpc) is 2.30. The van der Waals surface area contributed by atoms with Crippen LogP contribution in [0.3, 0.4) is 0 Å². The van der Waals surface area contributed by atoms with E-state index in [9.17, 15) is 4.79 Å². The average molecular weight is 229 g/mol. The first kappa shape index (κ1) is 13.5. The first-order valence-electron chi connectivity index (χ1n) is 6.34. The lowest BCUT2D eigenvalue weighted by Gasteiger charge is -2.22. The van der Waals surface area contributed by atoms with E-state index in [1.54, 1.807) is 0 Å². The maximum atomic E-state index is 11.4. The van der Waals surface area contributed by atoms with Crippen LogP contribution in [0.1, 0.15) is 51.4 Å². The second kappa shape index (κ2) is 8.53. The van der Waals surface area contributed by atoms with Gasteiger partial charge in [0.05, 0.1) is 6.61 Å². The van der Waals surface area contributed by atoms with Crippen LogP contribution in [0.4, 0.5) is 0 Å². The Bertz CT molecular complexity index is 191. The number of carbonyl (C=O) groups is 1. The number of rotatable bonds is 7. The maximum Gasteiger partial charge on any atom is 0.308 e. The summed E-state index contributed by atoms with van der Waals surface area (Å²) in [6.45, 7) is 1.45. The van der Waals surface area contributed by atoms with Gasteiger partial charge < -0.3 is 15.2 Å². The SMILES string of the molecule is NCCCCCCC(=O)OC1CCCCO1. The van der Waals surface area contributed by atoms with E-state index in [-0.39, 0.29) is 12.3 Å². The normalized spacial score (nSPS) is 20.7. The Morgan fingerprint density at radius 1 is 1.25 bits per heavy atom. The number of carbonyl (C=O) groups excluding carboxylic acids is 1. The molecule has 0 bridgehead atoms. The van der Waals surface area contributed by atoms with E-state index >= 15 is 0 Å². The zero-order valence-electron chi connectivity index (χ0n) is 9.95. The van der Waals surface area contributed by atoms with Gasteiger partial charge in [0.15, 0.2) is 0 Å². The quantitative estimate of drug-likeness (QED) is 0.535. The van der Waals surface area contributed by atoms with Gasteiger partial charge in [-0.3, -0.25) is 4.79 Å². The van der Waals surface area contributed by atoms with Gasteiger partial charge in [-0.15, -0.1) is 0 Å². The molecule has 0 saturated carbocycles. The number of esters is 1. The van der Waals surface area contributed by atoms with Gasteiger partial charge in [-0.25, -0.2) is 0 Å². The second-order valence-electron chi connectivity index (χ2n) is 4.24. The van der Waals surface area contributed by atoms with Gasteiger partial charge in [-0.1, -0.05) is 12.8 Å². The van der Waals surface area contributed by atoms with Crippen molar-refractivity contribution in [3.63, 3.8) is 0 Å². The minimum absolute atomic E-state index is 0.125. The second-order valence-corrected chi connectivity index (χ2v) is 4.24. The largest absolute Gasteiger partial charge is 0.436 e. The van der Waals surface area contributed by atoms with E-state index < -0.39 is 0 Å². The molecule has 0 aromatic rings. The Kier molecular flexibility index (Phi) is 7.17. The highest BCUT2D eigenvalue weighted by Gasteiger charge is 2.17. The highest BCUT2D eigenvalue weighted by molar-refractivity contribution is 5.69. The number of ether oxygens (including phenoxy) is 2. The molecule has 1 aliphatic rings. The molecule has 1 unspecified atom stereocenters. The lowest BCUT2D eigenvalue weighted by Crippen LogP contribution is -2.25. The van der Waals surface area contributed by atoms with E-state index in [1.807, 2.05) is 0 Å². The summed E-state index contributed by atoms with van der Waals surface area (Å²) in [5, 5.41) is 0. The molecule has 1 saturated heterocycles. The van der Waals surface area contributed by atoms with Crippen molar-refractivity contribution < 1.29 is 14.3 Å². The lowest BCUT2D eigenvalue weighted by atomic mass is 10.1. The zero-order chi connectivity index (χ0) is 11.6. The number of unbranched alkanes of at least 4 members (excludes halogenated alkanes) is 3. The van der Waals surface area contributed by atoms with Crippen molar-refractivity contribution in [3.05, 3.63) is 0 Å². The molecule has 1 rings (SSSR count). The topological polar surface area (TPSA) is 61.6 Å². The standard InChI is InChI=1S/C12H23NO3/c13-9-5-2-1-3-7-11(14)16-12-8-4-6-10-15-12/h12H,1-10,13H2. The molecule has 0 radical (unpaired) electrons. The minimum atomic E-state index is -0.287. The first-order valence-corrected chi connectivity index (χ1v) is 6.34. The summed E-state index contributed by atoms with van der Waals surface area (Å²) < 4.78 is 10.5. The molecule has 1 heterocycles. The van der Waals surface area contributed by atoms with Gasteiger partial charge in [0.25, 0.3) is 0 Å². The molecule has 1 aliphatic heterocycles. The van der Waals surface area contributed by atoms with Crippen molar-refractivity contribution in [2.75, 3.05) is 13.2 Å². The van der Waals surface area contributed by atoms with Crippen LogP contribution in [0.15, 0.2) is 0 Å². The molecule has 0 aliphatic carbocycles. The van der Waals surface area contributed by atoms with Crippen molar-refractivity contribution in [1.29, 1.82) is 0 Å². The Morgan fingerprint density at radius 2 is 2.06 bits per heavy atom. The monoisotopic (exact) mass is 229 g/mol. The molecule has 4 nitrogen and oxygen atoms in total. The van der Waals surface area contributed by atoms with Crippen molar-refractivity contribution in [2.45, 2.75) is 57.7 Å². The van der Waals surface area contributed by atoms with E-state index in [4.69, 9.17) is 15.2 Å².